The van der Waals surface area contributed by atoms with Gasteiger partial charge in [0, 0.05) is 17.4 Å². The monoisotopic (exact) mass is 383 g/mol. The number of methoxy groups -OCH3 is 1. The fourth-order valence-corrected chi connectivity index (χ4v) is 3.28. The van der Waals surface area contributed by atoms with Crippen LogP contribution in [0.3, 0.4) is 0 Å². The number of hydrogen-bond acceptors (Lipinski definition) is 5. The molecule has 0 saturated heterocycles. The number of hydrogen-bond donors (Lipinski definition) is 3. The normalized spacial score (nSPS) is 19.0. The molecule has 28 heavy (non-hydrogen) atoms. The Bertz CT molecular complexity index is 868. The molecule has 2 amide bonds. The molecular formula is C21H25N3O4. The summed E-state index contributed by atoms with van der Waals surface area (Å²) in [6.45, 7) is 1.85. The molecule has 148 valence electrons. The minimum Gasteiger partial charge on any atom is -0.495 e. The summed E-state index contributed by atoms with van der Waals surface area (Å²) in [5.41, 5.74) is 2.17. The first kappa shape index (κ1) is 19.8. The van der Waals surface area contributed by atoms with Gasteiger partial charge in [-0.05, 0) is 43.5 Å². The number of pyridine rings is 1. The van der Waals surface area contributed by atoms with E-state index in [0.29, 0.717) is 29.0 Å². The molecule has 2 aromatic rings. The van der Waals surface area contributed by atoms with Crippen LogP contribution in [-0.4, -0.2) is 41.2 Å². The molecule has 1 aliphatic carbocycles. The van der Waals surface area contributed by atoms with Gasteiger partial charge in [-0.3, -0.25) is 14.6 Å². The molecule has 1 saturated carbocycles. The second kappa shape index (κ2) is 8.84. The van der Waals surface area contributed by atoms with Gasteiger partial charge < -0.3 is 20.5 Å². The van der Waals surface area contributed by atoms with Gasteiger partial charge >= 0.3 is 0 Å². The fourth-order valence-electron chi connectivity index (χ4n) is 3.28. The zero-order valence-corrected chi connectivity index (χ0v) is 16.1. The van der Waals surface area contributed by atoms with Crippen molar-refractivity contribution in [2.45, 2.75) is 44.8 Å². The number of amides is 2. The number of aromatic nitrogens is 1. The lowest BCUT2D eigenvalue weighted by Crippen LogP contribution is -2.45. The summed E-state index contributed by atoms with van der Waals surface area (Å²) < 4.78 is 5.09. The number of carbonyl (C=O) groups excluding carboxylic acids is 2. The third kappa shape index (κ3) is 4.67. The summed E-state index contributed by atoms with van der Waals surface area (Å²) in [4.78, 5) is 29.1. The molecule has 1 heterocycles. The first-order valence-corrected chi connectivity index (χ1v) is 9.38. The molecule has 2 atom stereocenters. The average Bonchev–Trinajstić information content (AvgIpc) is 2.71. The Morgan fingerprint density at radius 2 is 1.89 bits per heavy atom. The molecule has 1 fully saturated rings. The third-order valence-corrected chi connectivity index (χ3v) is 5.00. The van der Waals surface area contributed by atoms with Crippen molar-refractivity contribution in [2.75, 3.05) is 12.4 Å². The van der Waals surface area contributed by atoms with Crippen molar-refractivity contribution in [1.29, 1.82) is 0 Å². The summed E-state index contributed by atoms with van der Waals surface area (Å²) in [5, 5.41) is 15.8. The van der Waals surface area contributed by atoms with E-state index in [1.807, 2.05) is 6.92 Å². The molecule has 1 aliphatic rings. The van der Waals surface area contributed by atoms with Gasteiger partial charge in [0.05, 0.1) is 31.0 Å². The van der Waals surface area contributed by atoms with Gasteiger partial charge in [0.1, 0.15) is 5.75 Å². The van der Waals surface area contributed by atoms with Crippen LogP contribution < -0.4 is 15.4 Å². The quantitative estimate of drug-likeness (QED) is 0.737. The van der Waals surface area contributed by atoms with Crippen LogP contribution in [0.5, 0.6) is 5.75 Å². The Morgan fingerprint density at radius 3 is 2.64 bits per heavy atom. The van der Waals surface area contributed by atoms with Crippen LogP contribution in [0.1, 0.15) is 52.0 Å². The van der Waals surface area contributed by atoms with Crippen LogP contribution in [-0.2, 0) is 0 Å². The maximum atomic E-state index is 12.6. The molecule has 7 heteroatoms. The van der Waals surface area contributed by atoms with Crippen LogP contribution in [0.15, 0.2) is 36.7 Å². The number of aryl methyl sites for hydroxylation is 1. The topological polar surface area (TPSA) is 101 Å². The highest BCUT2D eigenvalue weighted by Crippen LogP contribution is 2.21. The van der Waals surface area contributed by atoms with Crippen molar-refractivity contribution >= 4 is 17.5 Å². The number of anilines is 1. The zero-order chi connectivity index (χ0) is 20.1. The smallest absolute Gasteiger partial charge is 0.257 e. The predicted octanol–water partition coefficient (Wildman–Crippen LogP) is 2.68. The van der Waals surface area contributed by atoms with E-state index in [4.69, 9.17) is 4.74 Å². The summed E-state index contributed by atoms with van der Waals surface area (Å²) in [6.07, 6.45) is 5.91. The molecule has 0 unspecified atom stereocenters. The van der Waals surface area contributed by atoms with E-state index in [-0.39, 0.29) is 17.9 Å². The molecule has 3 rings (SSSR count). The number of ether oxygens (including phenoxy) is 1. The number of benzene rings is 1. The number of nitrogens with zero attached hydrogens (tertiary/aromatic N) is 1. The summed E-state index contributed by atoms with van der Waals surface area (Å²) in [5.74, 6) is -0.109. The minimum atomic E-state index is -0.511. The van der Waals surface area contributed by atoms with Gasteiger partial charge in [-0.25, -0.2) is 0 Å². The van der Waals surface area contributed by atoms with Crippen molar-refractivity contribution < 1.29 is 19.4 Å². The summed E-state index contributed by atoms with van der Waals surface area (Å²) in [6, 6.07) is 6.50. The lowest BCUT2D eigenvalue weighted by atomic mass is 9.92. The maximum Gasteiger partial charge on any atom is 0.257 e. The molecule has 3 N–H and O–H groups in total. The third-order valence-electron chi connectivity index (χ3n) is 5.00. The minimum absolute atomic E-state index is 0.233. The van der Waals surface area contributed by atoms with Crippen LogP contribution >= 0.6 is 0 Å². The predicted molar refractivity (Wildman–Crippen MR) is 106 cm³/mol. The molecular weight excluding hydrogens is 358 g/mol. The van der Waals surface area contributed by atoms with Crippen LogP contribution in [0.2, 0.25) is 0 Å². The Morgan fingerprint density at radius 1 is 1.11 bits per heavy atom. The van der Waals surface area contributed by atoms with Crippen LogP contribution in [0.25, 0.3) is 0 Å². The van der Waals surface area contributed by atoms with E-state index >= 15 is 0 Å². The van der Waals surface area contributed by atoms with Crippen LogP contribution in [0.4, 0.5) is 5.69 Å². The molecule has 0 spiro atoms. The first-order chi connectivity index (χ1) is 13.5. The standard InChI is InChI=1S/C21H25N3O4/c1-13-7-8-14(20(26)23-17-5-3-4-6-19(17)25)10-18(13)24-21(27)15-9-16(28-2)12-22-11-15/h7-12,17,19,25H,3-6H2,1-2H3,(H,23,26)(H,24,27)/t17-,19-/m0/s1. The lowest BCUT2D eigenvalue weighted by molar-refractivity contribution is 0.0717. The Labute approximate surface area is 164 Å². The second-order valence-electron chi connectivity index (χ2n) is 7.03. The maximum absolute atomic E-state index is 12.6. The largest absolute Gasteiger partial charge is 0.495 e. The number of nitrogens with one attached hydrogen (secondary N) is 2. The molecule has 1 aromatic heterocycles. The summed E-state index contributed by atoms with van der Waals surface area (Å²) in [7, 11) is 1.51. The van der Waals surface area contributed by atoms with Crippen molar-refractivity contribution in [1.82, 2.24) is 10.3 Å². The number of aliphatic hydroxyl groups excluding tert-OH is 1. The van der Waals surface area contributed by atoms with Gasteiger partial charge in [-0.2, -0.15) is 0 Å². The van der Waals surface area contributed by atoms with Crippen LogP contribution in [0, 0.1) is 6.92 Å². The molecule has 7 nitrogen and oxygen atoms in total. The van der Waals surface area contributed by atoms with Gasteiger partial charge in [0.25, 0.3) is 11.8 Å². The number of aliphatic hydroxyl groups is 1. The first-order valence-electron chi connectivity index (χ1n) is 9.38. The van der Waals surface area contributed by atoms with Gasteiger partial charge in [-0.15, -0.1) is 0 Å². The van der Waals surface area contributed by atoms with E-state index in [9.17, 15) is 14.7 Å². The van der Waals surface area contributed by atoms with Gasteiger partial charge in [0.15, 0.2) is 0 Å². The van der Waals surface area contributed by atoms with E-state index in [0.717, 1.165) is 24.8 Å². The molecule has 1 aromatic carbocycles. The van der Waals surface area contributed by atoms with E-state index in [1.165, 1.54) is 19.5 Å². The van der Waals surface area contributed by atoms with Crippen molar-refractivity contribution in [3.8, 4) is 5.75 Å². The average molecular weight is 383 g/mol. The molecule has 0 aliphatic heterocycles. The van der Waals surface area contributed by atoms with E-state index in [2.05, 4.69) is 15.6 Å². The highest BCUT2D eigenvalue weighted by Gasteiger charge is 2.25. The van der Waals surface area contributed by atoms with E-state index < -0.39 is 6.10 Å². The zero-order valence-electron chi connectivity index (χ0n) is 16.1. The number of carbonyl (C=O) groups is 2. The number of rotatable bonds is 5. The Kier molecular flexibility index (Phi) is 6.26. The van der Waals surface area contributed by atoms with Crippen molar-refractivity contribution in [3.05, 3.63) is 53.3 Å². The highest BCUT2D eigenvalue weighted by atomic mass is 16.5. The molecule has 0 radical (unpaired) electrons. The second-order valence-corrected chi connectivity index (χ2v) is 7.03. The SMILES string of the molecule is COc1cncc(C(=O)Nc2cc(C(=O)N[C@H]3CCCC[C@@H]3O)ccc2C)c1. The Hall–Kier alpha value is -2.93. The molecule has 0 bridgehead atoms. The highest BCUT2D eigenvalue weighted by molar-refractivity contribution is 6.05. The van der Waals surface area contributed by atoms with E-state index in [1.54, 1.807) is 24.3 Å². The van der Waals surface area contributed by atoms with Crippen molar-refractivity contribution in [2.24, 2.45) is 0 Å². The fraction of sp³-hybridized carbons (Fsp3) is 0.381. The Balaban J connectivity index is 1.73. The van der Waals surface area contributed by atoms with Gasteiger partial charge in [0.2, 0.25) is 0 Å². The van der Waals surface area contributed by atoms with Gasteiger partial charge in [-0.1, -0.05) is 18.9 Å². The van der Waals surface area contributed by atoms with Crippen molar-refractivity contribution in [3.63, 3.8) is 0 Å². The lowest BCUT2D eigenvalue weighted by Gasteiger charge is -2.28. The summed E-state index contributed by atoms with van der Waals surface area (Å²) >= 11 is 0.